The van der Waals surface area contributed by atoms with Crippen molar-refractivity contribution < 1.29 is 9.53 Å². The first-order valence-corrected chi connectivity index (χ1v) is 7.66. The smallest absolute Gasteiger partial charge is 0.410 e. The summed E-state index contributed by atoms with van der Waals surface area (Å²) in [4.78, 5) is 17.3. The molecule has 120 valence electrons. The fourth-order valence-corrected chi connectivity index (χ4v) is 2.27. The third-order valence-electron chi connectivity index (χ3n) is 3.43. The molecule has 22 heavy (non-hydrogen) atoms. The van der Waals surface area contributed by atoms with Gasteiger partial charge in [-0.2, -0.15) is 0 Å². The number of carbonyl (C=O) groups excluding carboxylic acids is 1. The Morgan fingerprint density at radius 2 is 2.14 bits per heavy atom. The quantitative estimate of drug-likeness (QED) is 0.862. The van der Waals surface area contributed by atoms with Crippen molar-refractivity contribution >= 4 is 17.0 Å². The molecule has 1 amide bonds. The molecule has 2 rings (SSSR count). The summed E-state index contributed by atoms with van der Waals surface area (Å²) < 4.78 is 5.50. The lowest BCUT2D eigenvalue weighted by Gasteiger charge is -2.11. The summed E-state index contributed by atoms with van der Waals surface area (Å²) in [7, 11) is 4.09. The molecule has 1 aromatic carbocycles. The summed E-state index contributed by atoms with van der Waals surface area (Å²) in [6, 6.07) is 5.72. The Morgan fingerprint density at radius 3 is 2.82 bits per heavy atom. The van der Waals surface area contributed by atoms with Gasteiger partial charge in [-0.3, -0.25) is 0 Å². The van der Waals surface area contributed by atoms with Gasteiger partial charge in [-0.15, -0.1) is 0 Å². The average molecular weight is 303 g/mol. The average Bonchev–Trinajstić information content (AvgIpc) is 2.87. The van der Waals surface area contributed by atoms with Crippen molar-refractivity contribution in [1.29, 1.82) is 0 Å². The van der Waals surface area contributed by atoms with Crippen molar-refractivity contribution in [2.45, 2.75) is 20.3 Å². The Hall–Kier alpha value is -2.01. The van der Waals surface area contributed by atoms with E-state index in [1.54, 1.807) is 0 Å². The number of carbonyl (C=O) groups is 1. The lowest BCUT2D eigenvalue weighted by Crippen LogP contribution is -2.30. The van der Waals surface area contributed by atoms with Crippen molar-refractivity contribution in [3.63, 3.8) is 0 Å². The van der Waals surface area contributed by atoms with Crippen LogP contribution in [0.1, 0.15) is 19.4 Å². The maximum Gasteiger partial charge on any atom is 0.412 e. The van der Waals surface area contributed by atoms with Gasteiger partial charge in [0.15, 0.2) is 0 Å². The zero-order chi connectivity index (χ0) is 16.1. The second-order valence-corrected chi connectivity index (χ2v) is 6.21. The van der Waals surface area contributed by atoms with Crippen molar-refractivity contribution in [1.82, 2.24) is 15.2 Å². The second kappa shape index (κ2) is 7.31. The molecule has 0 spiro atoms. The third kappa shape index (κ3) is 4.24. The van der Waals surface area contributed by atoms with E-state index in [1.807, 2.05) is 52.3 Å². The van der Waals surface area contributed by atoms with Gasteiger partial charge in [0, 0.05) is 30.2 Å². The minimum absolute atomic E-state index is 0.395. The van der Waals surface area contributed by atoms with Gasteiger partial charge < -0.3 is 19.9 Å². The molecular formula is C17H25N3O2. The Balaban J connectivity index is 2.18. The maximum absolute atomic E-state index is 11.9. The van der Waals surface area contributed by atoms with Crippen LogP contribution in [0, 0.1) is 5.92 Å². The molecule has 0 aliphatic heterocycles. The molecule has 2 aromatic rings. The van der Waals surface area contributed by atoms with Gasteiger partial charge in [0.25, 0.3) is 0 Å². The molecule has 2 N–H and O–H groups in total. The fourth-order valence-electron chi connectivity index (χ4n) is 2.27. The number of likely N-dealkylation sites (N-methyl/N-ethyl adjacent to an activating group) is 1. The lowest BCUT2D eigenvalue weighted by molar-refractivity contribution is 0.199. The van der Waals surface area contributed by atoms with Crippen LogP contribution < -0.4 is 10.1 Å². The number of fused-ring (bicyclic) bond motifs is 1. The molecule has 1 heterocycles. The van der Waals surface area contributed by atoms with Crippen LogP contribution in [0.15, 0.2) is 24.4 Å². The van der Waals surface area contributed by atoms with E-state index in [0.717, 1.165) is 29.4 Å². The van der Waals surface area contributed by atoms with Crippen LogP contribution in [0.3, 0.4) is 0 Å². The predicted octanol–water partition coefficient (Wildman–Crippen LogP) is 3.02. The topological polar surface area (TPSA) is 57.4 Å². The Labute approximate surface area is 131 Å². The summed E-state index contributed by atoms with van der Waals surface area (Å²) in [5.41, 5.74) is 2.15. The standard InChI is InChI=1S/C17H25N3O2/c1-12(2)10-19-17(21)22-15-7-5-6-14-16(15)13(11-18-14)8-9-20(3)4/h5-7,11-12,18H,8-10H2,1-4H3,(H,19,21). The van der Waals surface area contributed by atoms with Crippen molar-refractivity contribution in [2.24, 2.45) is 5.92 Å². The number of nitrogens with one attached hydrogen (secondary N) is 2. The molecule has 5 heteroatoms. The van der Waals surface area contributed by atoms with Crippen LogP contribution in [0.25, 0.3) is 10.9 Å². The number of rotatable bonds is 6. The number of amides is 1. The SMILES string of the molecule is CC(C)CNC(=O)Oc1cccc2[nH]cc(CCN(C)C)c12. The van der Waals surface area contributed by atoms with E-state index in [-0.39, 0.29) is 0 Å². The molecule has 0 aliphatic carbocycles. The highest BCUT2D eigenvalue weighted by molar-refractivity contribution is 5.91. The molecule has 1 aromatic heterocycles. The van der Waals surface area contributed by atoms with Crippen molar-refractivity contribution in [2.75, 3.05) is 27.2 Å². The van der Waals surface area contributed by atoms with E-state index in [0.29, 0.717) is 18.2 Å². The minimum Gasteiger partial charge on any atom is -0.410 e. The van der Waals surface area contributed by atoms with Crippen LogP contribution in [0.2, 0.25) is 0 Å². The van der Waals surface area contributed by atoms with Gasteiger partial charge >= 0.3 is 6.09 Å². The number of nitrogens with zero attached hydrogens (tertiary/aromatic N) is 1. The van der Waals surface area contributed by atoms with Crippen molar-refractivity contribution in [3.8, 4) is 5.75 Å². The Kier molecular flexibility index (Phi) is 5.44. The molecule has 0 bridgehead atoms. The number of aromatic amines is 1. The van der Waals surface area contributed by atoms with Gasteiger partial charge in [-0.05, 0) is 44.1 Å². The molecule has 5 nitrogen and oxygen atoms in total. The molecule has 0 radical (unpaired) electrons. The number of hydrogen-bond donors (Lipinski definition) is 2. The first kappa shape index (κ1) is 16.4. The molecule has 0 aliphatic rings. The number of aromatic nitrogens is 1. The van der Waals surface area contributed by atoms with E-state index < -0.39 is 6.09 Å². The first-order valence-electron chi connectivity index (χ1n) is 7.66. The summed E-state index contributed by atoms with van der Waals surface area (Å²) in [6.45, 7) is 5.65. The minimum atomic E-state index is -0.402. The Bertz CT molecular complexity index is 632. The van der Waals surface area contributed by atoms with E-state index in [4.69, 9.17) is 4.74 Å². The summed E-state index contributed by atoms with van der Waals surface area (Å²) in [5, 5.41) is 3.77. The van der Waals surface area contributed by atoms with Crippen molar-refractivity contribution in [3.05, 3.63) is 30.0 Å². The summed E-state index contributed by atoms with van der Waals surface area (Å²) in [5.74, 6) is 1.00. The van der Waals surface area contributed by atoms with Gasteiger partial charge in [-0.25, -0.2) is 4.79 Å². The summed E-state index contributed by atoms with van der Waals surface area (Å²) >= 11 is 0. The van der Waals surface area contributed by atoms with Gasteiger partial charge in [0.05, 0.1) is 0 Å². The van der Waals surface area contributed by atoms with Gasteiger partial charge in [0.2, 0.25) is 0 Å². The van der Waals surface area contributed by atoms with Gasteiger partial charge in [0.1, 0.15) is 5.75 Å². The molecule has 0 unspecified atom stereocenters. The largest absolute Gasteiger partial charge is 0.412 e. The monoisotopic (exact) mass is 303 g/mol. The lowest BCUT2D eigenvalue weighted by atomic mass is 10.1. The van der Waals surface area contributed by atoms with Crippen LogP contribution >= 0.6 is 0 Å². The molecule has 0 fully saturated rings. The van der Waals surface area contributed by atoms with Crippen LogP contribution in [-0.2, 0) is 6.42 Å². The number of benzene rings is 1. The van der Waals surface area contributed by atoms with Crippen LogP contribution in [0.5, 0.6) is 5.75 Å². The second-order valence-electron chi connectivity index (χ2n) is 6.21. The molecule has 0 atom stereocenters. The predicted molar refractivity (Wildman–Crippen MR) is 89.4 cm³/mol. The molecule has 0 saturated heterocycles. The van der Waals surface area contributed by atoms with E-state index in [1.165, 1.54) is 0 Å². The Morgan fingerprint density at radius 1 is 1.36 bits per heavy atom. The van der Waals surface area contributed by atoms with Crippen LogP contribution in [0.4, 0.5) is 4.79 Å². The van der Waals surface area contributed by atoms with Crippen LogP contribution in [-0.4, -0.2) is 43.2 Å². The highest BCUT2D eigenvalue weighted by Crippen LogP contribution is 2.29. The highest BCUT2D eigenvalue weighted by atomic mass is 16.6. The zero-order valence-corrected chi connectivity index (χ0v) is 13.8. The van der Waals surface area contributed by atoms with Gasteiger partial charge in [-0.1, -0.05) is 19.9 Å². The number of ether oxygens (including phenoxy) is 1. The number of H-pyrrole nitrogens is 1. The van der Waals surface area contributed by atoms with E-state index in [9.17, 15) is 4.79 Å². The number of hydrogen-bond acceptors (Lipinski definition) is 3. The normalized spacial score (nSPS) is 11.4. The third-order valence-corrected chi connectivity index (χ3v) is 3.43. The van der Waals surface area contributed by atoms with E-state index >= 15 is 0 Å². The maximum atomic E-state index is 11.9. The van der Waals surface area contributed by atoms with E-state index in [2.05, 4.69) is 15.2 Å². The zero-order valence-electron chi connectivity index (χ0n) is 13.8. The molecular weight excluding hydrogens is 278 g/mol. The molecule has 0 saturated carbocycles. The highest BCUT2D eigenvalue weighted by Gasteiger charge is 2.13. The fraction of sp³-hybridized carbons (Fsp3) is 0.471. The first-order chi connectivity index (χ1) is 10.5. The summed E-state index contributed by atoms with van der Waals surface area (Å²) in [6.07, 6.45) is 2.49.